The van der Waals surface area contributed by atoms with E-state index in [1.54, 1.807) is 0 Å². The zero-order valence-corrected chi connectivity index (χ0v) is 6.00. The van der Waals surface area contributed by atoms with Crippen molar-refractivity contribution in [3.05, 3.63) is 0 Å². The molecule has 0 aromatic heterocycles. The number of nitrogens with zero attached hydrogens (tertiary/aromatic N) is 1. The highest BCUT2D eigenvalue weighted by atomic mass is 32.2. The molecule has 0 atom stereocenters. The van der Waals surface area contributed by atoms with Crippen LogP contribution in [0.2, 0.25) is 0 Å². The van der Waals surface area contributed by atoms with Gasteiger partial charge in [0.2, 0.25) is 0 Å². The molecule has 1 heterocycles. The van der Waals surface area contributed by atoms with E-state index in [-0.39, 0.29) is 0 Å². The van der Waals surface area contributed by atoms with E-state index >= 15 is 0 Å². The molecule has 1 aliphatic rings. The van der Waals surface area contributed by atoms with Crippen molar-refractivity contribution in [2.24, 2.45) is 0 Å². The largest absolute Gasteiger partial charge is 0.248 e. The third-order valence-electron chi connectivity index (χ3n) is 1.25. The summed E-state index contributed by atoms with van der Waals surface area (Å²) >= 11 is 1.89. The van der Waals surface area contributed by atoms with Gasteiger partial charge in [0.25, 0.3) is 0 Å². The average Bonchev–Trinajstić information content (AvgIpc) is 1.90. The molecule has 48 valence electrons. The van der Waals surface area contributed by atoms with E-state index < -0.39 is 0 Å². The van der Waals surface area contributed by atoms with Crippen LogP contribution >= 0.6 is 11.9 Å². The quantitative estimate of drug-likeness (QED) is 0.533. The summed E-state index contributed by atoms with van der Waals surface area (Å²) < 4.78 is 2.18. The molecule has 1 aliphatic heterocycles. The highest BCUT2D eigenvalue weighted by molar-refractivity contribution is 7.96. The zero-order chi connectivity index (χ0) is 5.82. The van der Waals surface area contributed by atoms with Crippen LogP contribution in [0.1, 0.15) is 12.8 Å². The van der Waals surface area contributed by atoms with Crippen molar-refractivity contribution in [2.45, 2.75) is 12.8 Å². The molecule has 1 N–H and O–H groups in total. The highest BCUT2D eigenvalue weighted by Gasteiger charge is 2.06. The normalized spacial score (nSPS) is 23.6. The van der Waals surface area contributed by atoms with Crippen LogP contribution in [0.5, 0.6) is 0 Å². The van der Waals surface area contributed by atoms with Crippen LogP contribution in [0, 0.1) is 0 Å². The number of hydrogen-bond donors (Lipinski definition) is 1. The third-order valence-corrected chi connectivity index (χ3v) is 2.40. The predicted octanol–water partition coefficient (Wildman–Crippen LogP) is 0.865. The van der Waals surface area contributed by atoms with E-state index in [1.165, 1.54) is 25.1 Å². The van der Waals surface area contributed by atoms with Crippen molar-refractivity contribution in [2.75, 3.05) is 19.3 Å². The van der Waals surface area contributed by atoms with Crippen LogP contribution in [0.4, 0.5) is 0 Å². The molecule has 1 fully saturated rings. The number of hydrazine groups is 1. The minimum atomic E-state index is 1.20. The van der Waals surface area contributed by atoms with Gasteiger partial charge in [-0.2, -0.15) is 4.41 Å². The van der Waals surface area contributed by atoms with Gasteiger partial charge in [-0.25, -0.2) is 5.43 Å². The molecule has 2 nitrogen and oxygen atoms in total. The average molecular weight is 132 g/mol. The summed E-state index contributed by atoms with van der Waals surface area (Å²) in [5, 5.41) is 0. The van der Waals surface area contributed by atoms with E-state index in [4.69, 9.17) is 0 Å². The van der Waals surface area contributed by atoms with Gasteiger partial charge in [0.15, 0.2) is 0 Å². The topological polar surface area (TPSA) is 15.3 Å². The number of nitrogens with one attached hydrogen (secondary N) is 1. The van der Waals surface area contributed by atoms with E-state index in [2.05, 4.69) is 9.84 Å². The Morgan fingerprint density at radius 1 is 1.50 bits per heavy atom. The summed E-state index contributed by atoms with van der Waals surface area (Å²) in [5.41, 5.74) is 3.10. The van der Waals surface area contributed by atoms with Gasteiger partial charge in [-0.3, -0.25) is 0 Å². The smallest absolute Gasteiger partial charge is 0.0245 e. The second kappa shape index (κ2) is 3.33. The third kappa shape index (κ3) is 1.65. The van der Waals surface area contributed by atoms with Crippen molar-refractivity contribution < 1.29 is 0 Å². The maximum absolute atomic E-state index is 3.10. The van der Waals surface area contributed by atoms with Gasteiger partial charge >= 0.3 is 0 Å². The summed E-state index contributed by atoms with van der Waals surface area (Å²) in [6.45, 7) is 1.20. The minimum Gasteiger partial charge on any atom is -0.248 e. The Kier molecular flexibility index (Phi) is 2.66. The molecular formula is C5H12N2S. The standard InChI is InChI=1S/C5H12N2S/c1-6-7-4-2-3-5-8-7/h6H,2-5H2,1H3. The van der Waals surface area contributed by atoms with E-state index in [9.17, 15) is 0 Å². The van der Waals surface area contributed by atoms with E-state index in [0.717, 1.165) is 0 Å². The van der Waals surface area contributed by atoms with Gasteiger partial charge in [0.1, 0.15) is 0 Å². The first-order chi connectivity index (χ1) is 3.93. The molecule has 0 aromatic rings. The first-order valence-electron chi connectivity index (χ1n) is 3.01. The Hall–Kier alpha value is 0.270. The Morgan fingerprint density at radius 2 is 2.38 bits per heavy atom. The lowest BCUT2D eigenvalue weighted by Crippen LogP contribution is -2.32. The van der Waals surface area contributed by atoms with E-state index in [1.807, 2.05) is 19.0 Å². The lowest BCUT2D eigenvalue weighted by molar-refractivity contribution is 0.367. The Bertz CT molecular complexity index is 61.4. The molecule has 1 rings (SSSR count). The lowest BCUT2D eigenvalue weighted by atomic mass is 10.3. The van der Waals surface area contributed by atoms with Gasteiger partial charge < -0.3 is 0 Å². The first kappa shape index (κ1) is 6.39. The van der Waals surface area contributed by atoms with Crippen molar-refractivity contribution in [1.29, 1.82) is 0 Å². The van der Waals surface area contributed by atoms with Gasteiger partial charge in [-0.05, 0) is 19.9 Å². The Labute approximate surface area is 54.7 Å². The maximum Gasteiger partial charge on any atom is 0.0245 e. The van der Waals surface area contributed by atoms with E-state index in [0.29, 0.717) is 0 Å². The number of hydrogen-bond acceptors (Lipinski definition) is 3. The van der Waals surface area contributed by atoms with Crippen molar-refractivity contribution in [3.63, 3.8) is 0 Å². The molecule has 0 aliphatic carbocycles. The second-order valence-electron chi connectivity index (χ2n) is 1.87. The van der Waals surface area contributed by atoms with Gasteiger partial charge in [-0.15, -0.1) is 0 Å². The van der Waals surface area contributed by atoms with Crippen molar-refractivity contribution >= 4 is 11.9 Å². The van der Waals surface area contributed by atoms with Crippen LogP contribution in [-0.2, 0) is 0 Å². The molecule has 0 amide bonds. The molecule has 0 radical (unpaired) electrons. The summed E-state index contributed by atoms with van der Waals surface area (Å²) in [7, 11) is 1.97. The fourth-order valence-electron chi connectivity index (χ4n) is 0.773. The van der Waals surface area contributed by atoms with Gasteiger partial charge in [-0.1, -0.05) is 11.9 Å². The van der Waals surface area contributed by atoms with Crippen LogP contribution < -0.4 is 5.43 Å². The summed E-state index contributed by atoms with van der Waals surface area (Å²) in [4.78, 5) is 0. The van der Waals surface area contributed by atoms with Crippen LogP contribution in [0.15, 0.2) is 0 Å². The summed E-state index contributed by atoms with van der Waals surface area (Å²) in [5.74, 6) is 1.28. The summed E-state index contributed by atoms with van der Waals surface area (Å²) in [6.07, 6.45) is 2.72. The second-order valence-corrected chi connectivity index (χ2v) is 2.97. The Morgan fingerprint density at radius 3 is 2.75 bits per heavy atom. The molecular weight excluding hydrogens is 120 g/mol. The fourth-order valence-corrected chi connectivity index (χ4v) is 1.71. The SMILES string of the molecule is CNN1CCCCS1. The molecule has 0 bridgehead atoms. The molecule has 0 unspecified atom stereocenters. The molecule has 1 saturated heterocycles. The van der Waals surface area contributed by atoms with Crippen molar-refractivity contribution in [3.8, 4) is 0 Å². The molecule has 8 heavy (non-hydrogen) atoms. The van der Waals surface area contributed by atoms with Crippen LogP contribution in [0.25, 0.3) is 0 Å². The molecule has 0 aromatic carbocycles. The minimum absolute atomic E-state index is 1.20. The molecule has 0 saturated carbocycles. The Balaban J connectivity index is 2.13. The lowest BCUT2D eigenvalue weighted by Gasteiger charge is -2.23. The molecule has 3 heteroatoms. The van der Waals surface area contributed by atoms with Gasteiger partial charge in [0.05, 0.1) is 0 Å². The maximum atomic E-state index is 3.10. The van der Waals surface area contributed by atoms with Crippen LogP contribution in [0.3, 0.4) is 0 Å². The zero-order valence-electron chi connectivity index (χ0n) is 5.18. The monoisotopic (exact) mass is 132 g/mol. The fraction of sp³-hybridized carbons (Fsp3) is 1.00. The highest BCUT2D eigenvalue weighted by Crippen LogP contribution is 2.15. The predicted molar refractivity (Wildman–Crippen MR) is 37.5 cm³/mol. The van der Waals surface area contributed by atoms with Crippen molar-refractivity contribution in [1.82, 2.24) is 9.84 Å². The van der Waals surface area contributed by atoms with Crippen LogP contribution in [-0.4, -0.2) is 23.8 Å². The number of rotatable bonds is 1. The summed E-state index contributed by atoms with van der Waals surface area (Å²) in [6, 6.07) is 0. The van der Waals surface area contributed by atoms with Gasteiger partial charge in [0, 0.05) is 12.3 Å². The molecule has 0 spiro atoms. The first-order valence-corrected chi connectivity index (χ1v) is 3.95.